The highest BCUT2D eigenvalue weighted by Crippen LogP contribution is 2.23. The number of phenolic OH excluding ortho intramolecular Hbond substituents is 1. The first-order valence-electron chi connectivity index (χ1n) is 5.59. The van der Waals surface area contributed by atoms with Gasteiger partial charge in [-0.1, -0.05) is 20.8 Å². The zero-order chi connectivity index (χ0) is 12.5. The van der Waals surface area contributed by atoms with Gasteiger partial charge in [-0.3, -0.25) is 0 Å². The highest BCUT2D eigenvalue weighted by atomic mass is 16.3. The average Bonchev–Trinajstić information content (AvgIpc) is 2.29. The van der Waals surface area contributed by atoms with E-state index in [4.69, 9.17) is 0 Å². The molecule has 0 saturated heterocycles. The first-order chi connectivity index (χ1) is 7.97. The summed E-state index contributed by atoms with van der Waals surface area (Å²) in [5.74, 6) is 0.929. The third kappa shape index (κ3) is 2.61. The molecule has 3 nitrogen and oxygen atoms in total. The summed E-state index contributed by atoms with van der Waals surface area (Å²) in [5.41, 5.74) is 2.08. The minimum atomic E-state index is 0.0630. The van der Waals surface area contributed by atoms with E-state index < -0.39 is 0 Å². The first kappa shape index (κ1) is 11.6. The molecule has 0 bridgehead atoms. The van der Waals surface area contributed by atoms with Gasteiger partial charge >= 0.3 is 0 Å². The SMILES string of the molecule is CC(C)(C)c1cnc(-c2ccc(O)cc2)nc1. The monoisotopic (exact) mass is 228 g/mol. The molecule has 0 aliphatic rings. The number of hydrogen-bond acceptors (Lipinski definition) is 3. The predicted molar refractivity (Wildman–Crippen MR) is 67.8 cm³/mol. The van der Waals surface area contributed by atoms with Crippen LogP contribution in [0.2, 0.25) is 0 Å². The summed E-state index contributed by atoms with van der Waals surface area (Å²) < 4.78 is 0. The zero-order valence-electron chi connectivity index (χ0n) is 10.3. The van der Waals surface area contributed by atoms with Crippen molar-refractivity contribution in [2.24, 2.45) is 0 Å². The first-order valence-corrected chi connectivity index (χ1v) is 5.59. The molecule has 1 heterocycles. The molecule has 17 heavy (non-hydrogen) atoms. The molecule has 0 saturated carbocycles. The molecular weight excluding hydrogens is 212 g/mol. The van der Waals surface area contributed by atoms with Crippen molar-refractivity contribution >= 4 is 0 Å². The molecule has 3 heteroatoms. The van der Waals surface area contributed by atoms with Crippen molar-refractivity contribution in [3.05, 3.63) is 42.2 Å². The van der Waals surface area contributed by atoms with E-state index >= 15 is 0 Å². The molecule has 1 N–H and O–H groups in total. The van der Waals surface area contributed by atoms with Crippen LogP contribution in [0.5, 0.6) is 5.75 Å². The summed E-state index contributed by atoms with van der Waals surface area (Å²) in [4.78, 5) is 8.70. The van der Waals surface area contributed by atoms with Crippen molar-refractivity contribution in [1.29, 1.82) is 0 Å². The lowest BCUT2D eigenvalue weighted by Crippen LogP contribution is -2.12. The molecular formula is C14H16N2O. The van der Waals surface area contributed by atoms with Crippen molar-refractivity contribution in [3.63, 3.8) is 0 Å². The second kappa shape index (κ2) is 4.17. The Morgan fingerprint density at radius 2 is 1.47 bits per heavy atom. The van der Waals surface area contributed by atoms with Gasteiger partial charge in [-0.25, -0.2) is 9.97 Å². The van der Waals surface area contributed by atoms with Crippen molar-refractivity contribution < 1.29 is 5.11 Å². The van der Waals surface area contributed by atoms with Crippen LogP contribution in [0.1, 0.15) is 26.3 Å². The standard InChI is InChI=1S/C14H16N2O/c1-14(2,3)11-8-15-13(16-9-11)10-4-6-12(17)7-5-10/h4-9,17H,1-3H3. The van der Waals surface area contributed by atoms with E-state index in [9.17, 15) is 5.11 Å². The second-order valence-corrected chi connectivity index (χ2v) is 5.09. The normalized spacial score (nSPS) is 11.5. The zero-order valence-corrected chi connectivity index (χ0v) is 10.3. The van der Waals surface area contributed by atoms with Crippen LogP contribution in [0.25, 0.3) is 11.4 Å². The Morgan fingerprint density at radius 3 is 1.94 bits per heavy atom. The molecule has 0 radical (unpaired) electrons. The number of aromatic nitrogens is 2. The molecule has 2 rings (SSSR count). The molecule has 0 aliphatic heterocycles. The van der Waals surface area contributed by atoms with E-state index in [0.29, 0.717) is 5.82 Å². The van der Waals surface area contributed by atoms with Gasteiger partial charge < -0.3 is 5.11 Å². The van der Waals surface area contributed by atoms with Crippen LogP contribution < -0.4 is 0 Å². The van der Waals surface area contributed by atoms with Gasteiger partial charge in [-0.05, 0) is 35.2 Å². The van der Waals surface area contributed by atoms with E-state index in [1.54, 1.807) is 24.3 Å². The number of benzene rings is 1. The lowest BCUT2D eigenvalue weighted by Gasteiger charge is -2.17. The maximum Gasteiger partial charge on any atom is 0.159 e. The van der Waals surface area contributed by atoms with E-state index in [1.165, 1.54) is 0 Å². The third-order valence-electron chi connectivity index (χ3n) is 2.64. The van der Waals surface area contributed by atoms with Crippen molar-refractivity contribution in [2.45, 2.75) is 26.2 Å². The van der Waals surface area contributed by atoms with Gasteiger partial charge in [-0.2, -0.15) is 0 Å². The molecule has 2 aromatic rings. The largest absolute Gasteiger partial charge is 0.508 e. The van der Waals surface area contributed by atoms with Crippen LogP contribution in [-0.4, -0.2) is 15.1 Å². The van der Waals surface area contributed by atoms with Gasteiger partial charge in [0.05, 0.1) is 0 Å². The minimum Gasteiger partial charge on any atom is -0.508 e. The summed E-state index contributed by atoms with van der Waals surface area (Å²) in [6.45, 7) is 6.39. The maximum absolute atomic E-state index is 9.21. The third-order valence-corrected chi connectivity index (χ3v) is 2.64. The fourth-order valence-corrected chi connectivity index (χ4v) is 1.47. The Bertz CT molecular complexity index is 495. The van der Waals surface area contributed by atoms with Gasteiger partial charge in [0.1, 0.15) is 5.75 Å². The lowest BCUT2D eigenvalue weighted by molar-refractivity contribution is 0.475. The van der Waals surface area contributed by atoms with Crippen molar-refractivity contribution in [2.75, 3.05) is 0 Å². The predicted octanol–water partition coefficient (Wildman–Crippen LogP) is 3.15. The maximum atomic E-state index is 9.21. The topological polar surface area (TPSA) is 46.0 Å². The van der Waals surface area contributed by atoms with Gasteiger partial charge in [0.25, 0.3) is 0 Å². The molecule has 0 aliphatic carbocycles. The molecule has 0 atom stereocenters. The molecule has 1 aromatic carbocycles. The number of hydrogen-bond donors (Lipinski definition) is 1. The molecule has 0 unspecified atom stereocenters. The quantitative estimate of drug-likeness (QED) is 0.815. The van der Waals surface area contributed by atoms with E-state index in [1.807, 2.05) is 12.4 Å². The molecule has 0 spiro atoms. The van der Waals surface area contributed by atoms with Crippen LogP contribution in [0.15, 0.2) is 36.7 Å². The summed E-state index contributed by atoms with van der Waals surface area (Å²) >= 11 is 0. The smallest absolute Gasteiger partial charge is 0.159 e. The Kier molecular flexibility index (Phi) is 2.84. The van der Waals surface area contributed by atoms with Crippen LogP contribution in [0, 0.1) is 0 Å². The van der Waals surface area contributed by atoms with Gasteiger partial charge in [0.2, 0.25) is 0 Å². The Hall–Kier alpha value is -1.90. The minimum absolute atomic E-state index is 0.0630. The fourth-order valence-electron chi connectivity index (χ4n) is 1.47. The molecule has 0 amide bonds. The van der Waals surface area contributed by atoms with Crippen LogP contribution in [-0.2, 0) is 5.41 Å². The Balaban J connectivity index is 2.33. The van der Waals surface area contributed by atoms with Crippen LogP contribution in [0.4, 0.5) is 0 Å². The number of rotatable bonds is 1. The van der Waals surface area contributed by atoms with E-state index in [-0.39, 0.29) is 11.2 Å². The highest BCUT2D eigenvalue weighted by Gasteiger charge is 2.14. The average molecular weight is 228 g/mol. The van der Waals surface area contributed by atoms with E-state index in [0.717, 1.165) is 11.1 Å². The van der Waals surface area contributed by atoms with Crippen LogP contribution >= 0.6 is 0 Å². The lowest BCUT2D eigenvalue weighted by atomic mass is 9.89. The fraction of sp³-hybridized carbons (Fsp3) is 0.286. The van der Waals surface area contributed by atoms with Gasteiger partial charge in [0.15, 0.2) is 5.82 Å². The number of aromatic hydroxyl groups is 1. The number of phenols is 1. The summed E-state index contributed by atoms with van der Waals surface area (Å²) in [7, 11) is 0. The van der Waals surface area contributed by atoms with Crippen molar-refractivity contribution in [1.82, 2.24) is 9.97 Å². The van der Waals surface area contributed by atoms with Gasteiger partial charge in [-0.15, -0.1) is 0 Å². The summed E-state index contributed by atoms with van der Waals surface area (Å²) in [6, 6.07) is 6.88. The van der Waals surface area contributed by atoms with Crippen LogP contribution in [0.3, 0.4) is 0 Å². The Morgan fingerprint density at radius 1 is 0.941 bits per heavy atom. The molecule has 88 valence electrons. The second-order valence-electron chi connectivity index (χ2n) is 5.09. The number of nitrogens with zero attached hydrogens (tertiary/aromatic N) is 2. The van der Waals surface area contributed by atoms with Crippen molar-refractivity contribution in [3.8, 4) is 17.1 Å². The van der Waals surface area contributed by atoms with Gasteiger partial charge in [0, 0.05) is 18.0 Å². The molecule has 0 fully saturated rings. The summed E-state index contributed by atoms with van der Waals surface area (Å²) in [6.07, 6.45) is 3.71. The highest BCUT2D eigenvalue weighted by molar-refractivity contribution is 5.55. The molecule has 1 aromatic heterocycles. The van der Waals surface area contributed by atoms with E-state index in [2.05, 4.69) is 30.7 Å². The Labute approximate surface area is 101 Å². The summed E-state index contributed by atoms with van der Waals surface area (Å²) in [5, 5.41) is 9.21.